The summed E-state index contributed by atoms with van der Waals surface area (Å²) in [5.41, 5.74) is 0. The standard InChI is InChI=1S/C20H31N5O3/c26-17(15-27-16-18-5-4-12-28-18)13-23-8-10-24(11-9-23)14-20-22-21-19-6-2-1-3-7-25(19)20/h4-5,12,17,26H,1-3,6-11,13-16H2/t17-/m0/s1. The number of nitrogens with zero attached hydrogens (tertiary/aromatic N) is 5. The van der Waals surface area contributed by atoms with E-state index in [2.05, 4.69) is 24.6 Å². The number of furan rings is 1. The van der Waals surface area contributed by atoms with Crippen molar-refractivity contribution in [1.29, 1.82) is 0 Å². The Morgan fingerprint density at radius 2 is 1.93 bits per heavy atom. The molecule has 1 saturated heterocycles. The van der Waals surface area contributed by atoms with Crippen molar-refractivity contribution < 1.29 is 14.3 Å². The van der Waals surface area contributed by atoms with Crippen LogP contribution in [0.5, 0.6) is 0 Å². The Labute approximate surface area is 166 Å². The van der Waals surface area contributed by atoms with Crippen LogP contribution in [0.25, 0.3) is 0 Å². The average molecular weight is 390 g/mol. The third kappa shape index (κ3) is 5.20. The average Bonchev–Trinajstić information content (AvgIpc) is 3.28. The molecule has 1 N–H and O–H groups in total. The highest BCUT2D eigenvalue weighted by Crippen LogP contribution is 2.16. The smallest absolute Gasteiger partial charge is 0.147 e. The van der Waals surface area contributed by atoms with E-state index in [4.69, 9.17) is 9.15 Å². The molecule has 0 amide bonds. The lowest BCUT2D eigenvalue weighted by atomic mass is 10.2. The molecule has 154 valence electrons. The van der Waals surface area contributed by atoms with Gasteiger partial charge in [0.1, 0.15) is 24.0 Å². The molecule has 1 fully saturated rings. The minimum absolute atomic E-state index is 0.326. The van der Waals surface area contributed by atoms with Crippen molar-refractivity contribution in [1.82, 2.24) is 24.6 Å². The SMILES string of the molecule is O[C@H](COCc1ccco1)CN1CCN(Cc2nnc3n2CCCCC3)CC1. The van der Waals surface area contributed by atoms with E-state index in [0.29, 0.717) is 19.8 Å². The summed E-state index contributed by atoms with van der Waals surface area (Å²) in [5.74, 6) is 3.05. The molecular weight excluding hydrogens is 358 g/mol. The number of aromatic nitrogens is 3. The van der Waals surface area contributed by atoms with Gasteiger partial charge in [-0.3, -0.25) is 9.80 Å². The van der Waals surface area contributed by atoms with Gasteiger partial charge in [-0.2, -0.15) is 0 Å². The first-order valence-electron chi connectivity index (χ1n) is 10.4. The third-order valence-electron chi connectivity index (χ3n) is 5.62. The summed E-state index contributed by atoms with van der Waals surface area (Å²) in [4.78, 5) is 4.75. The molecule has 28 heavy (non-hydrogen) atoms. The quantitative estimate of drug-likeness (QED) is 0.729. The number of piperazine rings is 1. The summed E-state index contributed by atoms with van der Waals surface area (Å²) in [6.45, 7) is 7.19. The first kappa shape index (κ1) is 19.6. The predicted molar refractivity (Wildman–Crippen MR) is 104 cm³/mol. The highest BCUT2D eigenvalue weighted by atomic mass is 16.5. The van der Waals surface area contributed by atoms with E-state index in [0.717, 1.165) is 63.1 Å². The van der Waals surface area contributed by atoms with Gasteiger partial charge < -0.3 is 18.8 Å². The van der Waals surface area contributed by atoms with Crippen LogP contribution in [-0.4, -0.2) is 75.1 Å². The molecule has 0 aromatic carbocycles. The van der Waals surface area contributed by atoms with Gasteiger partial charge in [0.2, 0.25) is 0 Å². The number of aryl methyl sites for hydroxylation is 1. The molecule has 2 aliphatic rings. The molecule has 0 unspecified atom stereocenters. The van der Waals surface area contributed by atoms with Crippen molar-refractivity contribution >= 4 is 0 Å². The lowest BCUT2D eigenvalue weighted by Gasteiger charge is -2.35. The van der Waals surface area contributed by atoms with Crippen LogP contribution in [0.1, 0.15) is 36.7 Å². The molecule has 0 saturated carbocycles. The Kier molecular flexibility index (Phi) is 6.74. The Morgan fingerprint density at radius 1 is 1.07 bits per heavy atom. The number of β-amino-alcohol motifs (C(OH)–C–C–N with tert-alkyl or cyclic N) is 1. The number of hydrogen-bond donors (Lipinski definition) is 1. The van der Waals surface area contributed by atoms with Gasteiger partial charge in [0.05, 0.1) is 25.5 Å². The lowest BCUT2D eigenvalue weighted by Crippen LogP contribution is -2.48. The van der Waals surface area contributed by atoms with E-state index in [1.165, 1.54) is 19.3 Å². The minimum atomic E-state index is -0.478. The first-order chi connectivity index (χ1) is 13.8. The highest BCUT2D eigenvalue weighted by molar-refractivity contribution is 4.98. The summed E-state index contributed by atoms with van der Waals surface area (Å²) >= 11 is 0. The Hall–Kier alpha value is -1.74. The van der Waals surface area contributed by atoms with Gasteiger partial charge in [-0.05, 0) is 25.0 Å². The van der Waals surface area contributed by atoms with Crippen molar-refractivity contribution in [3.8, 4) is 0 Å². The number of fused-ring (bicyclic) bond motifs is 1. The van der Waals surface area contributed by atoms with E-state index < -0.39 is 6.10 Å². The zero-order chi connectivity index (χ0) is 19.2. The van der Waals surface area contributed by atoms with E-state index in [1.807, 2.05) is 12.1 Å². The Morgan fingerprint density at radius 3 is 2.75 bits per heavy atom. The summed E-state index contributed by atoms with van der Waals surface area (Å²) in [6, 6.07) is 3.71. The number of aliphatic hydroxyl groups excluding tert-OH is 1. The fraction of sp³-hybridized carbons (Fsp3) is 0.700. The zero-order valence-corrected chi connectivity index (χ0v) is 16.5. The second-order valence-electron chi connectivity index (χ2n) is 7.82. The topological polar surface area (TPSA) is 79.8 Å². The molecule has 4 rings (SSSR count). The van der Waals surface area contributed by atoms with Crippen LogP contribution < -0.4 is 0 Å². The molecule has 0 aliphatic carbocycles. The number of rotatable bonds is 8. The summed E-state index contributed by atoms with van der Waals surface area (Å²) in [6.07, 6.45) is 5.95. The summed E-state index contributed by atoms with van der Waals surface area (Å²) in [7, 11) is 0. The minimum Gasteiger partial charge on any atom is -0.467 e. The lowest BCUT2D eigenvalue weighted by molar-refractivity contribution is -0.00328. The summed E-state index contributed by atoms with van der Waals surface area (Å²) < 4.78 is 13.1. The van der Waals surface area contributed by atoms with Crippen molar-refractivity contribution in [3.05, 3.63) is 35.8 Å². The third-order valence-corrected chi connectivity index (χ3v) is 5.62. The molecule has 2 aromatic heterocycles. The predicted octanol–water partition coefficient (Wildman–Crippen LogP) is 1.29. The van der Waals surface area contributed by atoms with Gasteiger partial charge in [-0.1, -0.05) is 6.42 Å². The maximum absolute atomic E-state index is 10.2. The molecular formula is C20H31N5O3. The van der Waals surface area contributed by atoms with E-state index >= 15 is 0 Å². The number of hydrogen-bond acceptors (Lipinski definition) is 7. The van der Waals surface area contributed by atoms with Gasteiger partial charge in [0.25, 0.3) is 0 Å². The molecule has 1 atom stereocenters. The number of ether oxygens (including phenoxy) is 1. The molecule has 0 spiro atoms. The van der Waals surface area contributed by atoms with Crippen LogP contribution in [-0.2, 0) is 30.9 Å². The molecule has 2 aliphatic heterocycles. The van der Waals surface area contributed by atoms with Crippen LogP contribution in [0.15, 0.2) is 22.8 Å². The van der Waals surface area contributed by atoms with Gasteiger partial charge >= 0.3 is 0 Å². The highest BCUT2D eigenvalue weighted by Gasteiger charge is 2.22. The van der Waals surface area contributed by atoms with E-state index in [-0.39, 0.29) is 0 Å². The fourth-order valence-electron chi connectivity index (χ4n) is 4.03. The Balaban J connectivity index is 1.17. The molecule has 2 aromatic rings. The van der Waals surface area contributed by atoms with Crippen LogP contribution in [0.4, 0.5) is 0 Å². The zero-order valence-electron chi connectivity index (χ0n) is 16.5. The summed E-state index contributed by atoms with van der Waals surface area (Å²) in [5, 5.41) is 19.1. The molecule has 8 heteroatoms. The fourth-order valence-corrected chi connectivity index (χ4v) is 4.03. The van der Waals surface area contributed by atoms with Crippen molar-refractivity contribution in [2.45, 2.75) is 51.5 Å². The maximum atomic E-state index is 10.2. The second-order valence-corrected chi connectivity index (χ2v) is 7.82. The normalized spacial score (nSPS) is 20.0. The first-order valence-corrected chi connectivity index (χ1v) is 10.4. The van der Waals surface area contributed by atoms with Gasteiger partial charge in [-0.15, -0.1) is 10.2 Å². The maximum Gasteiger partial charge on any atom is 0.147 e. The van der Waals surface area contributed by atoms with E-state index in [9.17, 15) is 5.11 Å². The number of aliphatic hydroxyl groups is 1. The van der Waals surface area contributed by atoms with Crippen LogP contribution in [0.3, 0.4) is 0 Å². The van der Waals surface area contributed by atoms with Crippen LogP contribution in [0, 0.1) is 0 Å². The Bertz CT molecular complexity index is 710. The van der Waals surface area contributed by atoms with Gasteiger partial charge in [0, 0.05) is 45.7 Å². The van der Waals surface area contributed by atoms with E-state index in [1.54, 1.807) is 6.26 Å². The second kappa shape index (κ2) is 9.65. The van der Waals surface area contributed by atoms with Gasteiger partial charge in [0.15, 0.2) is 0 Å². The molecule has 4 heterocycles. The molecule has 0 radical (unpaired) electrons. The largest absolute Gasteiger partial charge is 0.467 e. The van der Waals surface area contributed by atoms with Crippen molar-refractivity contribution in [3.63, 3.8) is 0 Å². The molecule has 0 bridgehead atoms. The van der Waals surface area contributed by atoms with Crippen molar-refractivity contribution in [2.24, 2.45) is 0 Å². The van der Waals surface area contributed by atoms with Crippen molar-refractivity contribution in [2.75, 3.05) is 39.3 Å². The van der Waals surface area contributed by atoms with Crippen LogP contribution >= 0.6 is 0 Å². The monoisotopic (exact) mass is 389 g/mol. The van der Waals surface area contributed by atoms with Crippen LogP contribution in [0.2, 0.25) is 0 Å². The van der Waals surface area contributed by atoms with Gasteiger partial charge in [-0.25, -0.2) is 0 Å². The molecule has 8 nitrogen and oxygen atoms in total.